The van der Waals surface area contributed by atoms with Gasteiger partial charge in [0.15, 0.2) is 9.84 Å². The number of rotatable bonds is 8. The Morgan fingerprint density at radius 2 is 1.96 bits per heavy atom. The summed E-state index contributed by atoms with van der Waals surface area (Å²) in [5, 5.41) is 3.05. The van der Waals surface area contributed by atoms with E-state index in [0.717, 1.165) is 0 Å². The quantitative estimate of drug-likeness (QED) is 0.601. The van der Waals surface area contributed by atoms with E-state index in [1.54, 1.807) is 6.07 Å². The van der Waals surface area contributed by atoms with E-state index < -0.39 is 19.9 Å². The molecule has 10 heteroatoms. The molecule has 0 aromatic heterocycles. The molecule has 0 radical (unpaired) electrons. The molecule has 1 saturated heterocycles. The zero-order chi connectivity index (χ0) is 17.8. The van der Waals surface area contributed by atoms with E-state index in [1.807, 2.05) is 0 Å². The summed E-state index contributed by atoms with van der Waals surface area (Å²) in [5.41, 5.74) is 0. The van der Waals surface area contributed by atoms with E-state index in [2.05, 4.69) is 10.0 Å². The summed E-state index contributed by atoms with van der Waals surface area (Å²) in [4.78, 5) is -0.00667. The van der Waals surface area contributed by atoms with E-state index in [4.69, 9.17) is 9.47 Å². The fraction of sp³-hybridized carbons (Fsp3) is 0.571. The minimum atomic E-state index is -3.77. The molecule has 24 heavy (non-hydrogen) atoms. The maximum absolute atomic E-state index is 12.4. The minimum absolute atomic E-state index is 0.00667. The Labute approximate surface area is 142 Å². The van der Waals surface area contributed by atoms with Gasteiger partial charge in [-0.15, -0.1) is 0 Å². The van der Waals surface area contributed by atoms with Crippen LogP contribution in [0.3, 0.4) is 0 Å². The van der Waals surface area contributed by atoms with E-state index in [-0.39, 0.29) is 34.7 Å². The van der Waals surface area contributed by atoms with Crippen molar-refractivity contribution in [1.29, 1.82) is 0 Å². The lowest BCUT2D eigenvalue weighted by molar-refractivity contribution is 0.392. The molecular weight excluding hydrogens is 356 g/mol. The lowest BCUT2D eigenvalue weighted by Gasteiger charge is -2.14. The predicted octanol–water partition coefficient (Wildman–Crippen LogP) is -0.241. The van der Waals surface area contributed by atoms with Crippen LogP contribution in [0.4, 0.5) is 0 Å². The van der Waals surface area contributed by atoms with E-state index in [1.165, 1.54) is 26.4 Å². The van der Waals surface area contributed by atoms with Crippen LogP contribution in [0.5, 0.6) is 11.5 Å². The van der Waals surface area contributed by atoms with Gasteiger partial charge in [-0.05, 0) is 18.6 Å². The van der Waals surface area contributed by atoms with Gasteiger partial charge in [0.1, 0.15) is 16.4 Å². The van der Waals surface area contributed by atoms with Crippen molar-refractivity contribution < 1.29 is 26.3 Å². The van der Waals surface area contributed by atoms with Crippen molar-refractivity contribution in [3.8, 4) is 11.5 Å². The van der Waals surface area contributed by atoms with Crippen LogP contribution in [0.15, 0.2) is 23.1 Å². The number of methoxy groups -OCH3 is 2. The molecule has 1 fully saturated rings. The highest BCUT2D eigenvalue weighted by Crippen LogP contribution is 2.27. The Hall–Kier alpha value is -1.36. The molecular formula is C14H22N2O6S2. The van der Waals surface area contributed by atoms with Gasteiger partial charge in [-0.3, -0.25) is 0 Å². The molecule has 136 valence electrons. The summed E-state index contributed by atoms with van der Waals surface area (Å²) in [5.74, 6) is 0.907. The molecule has 1 heterocycles. The molecule has 0 saturated carbocycles. The summed E-state index contributed by atoms with van der Waals surface area (Å²) in [6, 6.07) is 4.40. The largest absolute Gasteiger partial charge is 0.497 e. The van der Waals surface area contributed by atoms with Crippen molar-refractivity contribution in [2.75, 3.05) is 38.8 Å². The molecule has 1 aliphatic heterocycles. The van der Waals surface area contributed by atoms with Gasteiger partial charge in [-0.2, -0.15) is 0 Å². The first-order valence-electron chi connectivity index (χ1n) is 7.43. The molecule has 1 aromatic carbocycles. The van der Waals surface area contributed by atoms with Crippen molar-refractivity contribution in [2.45, 2.75) is 17.4 Å². The third kappa shape index (κ3) is 4.82. The van der Waals surface area contributed by atoms with Gasteiger partial charge in [0.05, 0.1) is 25.7 Å². The number of hydrogen-bond donors (Lipinski definition) is 2. The van der Waals surface area contributed by atoms with Gasteiger partial charge < -0.3 is 14.8 Å². The summed E-state index contributed by atoms with van der Waals surface area (Å²) >= 11 is 0. The molecule has 0 aliphatic carbocycles. The van der Waals surface area contributed by atoms with Gasteiger partial charge in [0.25, 0.3) is 0 Å². The first-order valence-corrected chi connectivity index (χ1v) is 10.7. The fourth-order valence-corrected chi connectivity index (χ4v) is 5.41. The van der Waals surface area contributed by atoms with Crippen LogP contribution < -0.4 is 19.5 Å². The Bertz CT molecular complexity index is 776. The first-order chi connectivity index (χ1) is 11.3. The van der Waals surface area contributed by atoms with Gasteiger partial charge in [-0.1, -0.05) is 0 Å². The van der Waals surface area contributed by atoms with Crippen LogP contribution in [0.2, 0.25) is 0 Å². The lowest BCUT2D eigenvalue weighted by Crippen LogP contribution is -2.37. The molecule has 0 unspecified atom stereocenters. The van der Waals surface area contributed by atoms with Crippen molar-refractivity contribution in [3.63, 3.8) is 0 Å². The highest BCUT2D eigenvalue weighted by Gasteiger charge is 2.27. The smallest absolute Gasteiger partial charge is 0.244 e. The van der Waals surface area contributed by atoms with E-state index in [0.29, 0.717) is 18.7 Å². The van der Waals surface area contributed by atoms with Gasteiger partial charge in [0, 0.05) is 25.2 Å². The van der Waals surface area contributed by atoms with Crippen LogP contribution in [0.1, 0.15) is 6.42 Å². The second-order valence-electron chi connectivity index (χ2n) is 5.47. The van der Waals surface area contributed by atoms with Crippen LogP contribution in [-0.2, 0) is 19.9 Å². The lowest BCUT2D eigenvalue weighted by atomic mass is 10.3. The van der Waals surface area contributed by atoms with Crippen molar-refractivity contribution in [3.05, 3.63) is 18.2 Å². The predicted molar refractivity (Wildman–Crippen MR) is 89.8 cm³/mol. The molecule has 2 N–H and O–H groups in total. The first kappa shape index (κ1) is 19.0. The van der Waals surface area contributed by atoms with Crippen molar-refractivity contribution in [2.24, 2.45) is 0 Å². The number of ether oxygens (including phenoxy) is 2. The molecule has 2 rings (SSSR count). The maximum Gasteiger partial charge on any atom is 0.244 e. The summed E-state index contributed by atoms with van der Waals surface area (Å²) < 4.78 is 60.2. The third-order valence-electron chi connectivity index (χ3n) is 3.74. The van der Waals surface area contributed by atoms with Gasteiger partial charge >= 0.3 is 0 Å². The SMILES string of the molecule is COc1ccc(OC)c(S(=O)(=O)NCCN[C@@H]2CCS(=O)(=O)C2)c1. The second-order valence-corrected chi connectivity index (χ2v) is 9.43. The summed E-state index contributed by atoms with van der Waals surface area (Å²) in [6.07, 6.45) is 0.554. The molecule has 0 amide bonds. The maximum atomic E-state index is 12.4. The highest BCUT2D eigenvalue weighted by molar-refractivity contribution is 7.91. The van der Waals surface area contributed by atoms with Crippen LogP contribution in [-0.4, -0.2) is 61.7 Å². The molecule has 1 aliphatic rings. The normalized spacial score (nSPS) is 20.0. The van der Waals surface area contributed by atoms with E-state index >= 15 is 0 Å². The fourth-order valence-electron chi connectivity index (χ4n) is 2.49. The van der Waals surface area contributed by atoms with E-state index in [9.17, 15) is 16.8 Å². The van der Waals surface area contributed by atoms with Crippen molar-refractivity contribution >= 4 is 19.9 Å². The van der Waals surface area contributed by atoms with Crippen LogP contribution in [0.25, 0.3) is 0 Å². The van der Waals surface area contributed by atoms with Crippen LogP contribution in [0, 0.1) is 0 Å². The molecule has 0 bridgehead atoms. The van der Waals surface area contributed by atoms with Gasteiger partial charge in [0.2, 0.25) is 10.0 Å². The van der Waals surface area contributed by atoms with Crippen LogP contribution >= 0.6 is 0 Å². The summed E-state index contributed by atoms with van der Waals surface area (Å²) in [6.45, 7) is 0.477. The third-order valence-corrected chi connectivity index (χ3v) is 6.99. The standard InChI is InChI=1S/C14H22N2O6S2/c1-21-12-3-4-13(22-2)14(9-12)24(19,20)16-7-6-15-11-5-8-23(17,18)10-11/h3-4,9,11,15-16H,5-8,10H2,1-2H3/t11-/m1/s1. The summed E-state index contributed by atoms with van der Waals surface area (Å²) in [7, 11) is -3.88. The number of sulfone groups is 1. The minimum Gasteiger partial charge on any atom is -0.497 e. The monoisotopic (exact) mass is 378 g/mol. The molecule has 0 spiro atoms. The number of benzene rings is 1. The Morgan fingerprint density at radius 3 is 2.54 bits per heavy atom. The zero-order valence-electron chi connectivity index (χ0n) is 13.6. The molecule has 1 aromatic rings. The van der Waals surface area contributed by atoms with Crippen molar-refractivity contribution in [1.82, 2.24) is 10.0 Å². The number of nitrogens with one attached hydrogen (secondary N) is 2. The highest BCUT2D eigenvalue weighted by atomic mass is 32.2. The second kappa shape index (κ2) is 7.68. The Balaban J connectivity index is 1.94. The Morgan fingerprint density at radius 1 is 1.21 bits per heavy atom. The average molecular weight is 378 g/mol. The topological polar surface area (TPSA) is 111 Å². The molecule has 8 nitrogen and oxygen atoms in total. The number of hydrogen-bond acceptors (Lipinski definition) is 7. The molecule has 1 atom stereocenters. The zero-order valence-corrected chi connectivity index (χ0v) is 15.2. The number of sulfonamides is 1. The van der Waals surface area contributed by atoms with Gasteiger partial charge in [-0.25, -0.2) is 21.6 Å². The Kier molecular flexibility index (Phi) is 6.07. The average Bonchev–Trinajstić information content (AvgIpc) is 2.90.